The number of benzene rings is 2. The molecule has 0 aliphatic rings. The summed E-state index contributed by atoms with van der Waals surface area (Å²) in [6.07, 6.45) is 3.17. The number of hydrogen-bond donors (Lipinski definition) is 1. The van der Waals surface area contributed by atoms with Crippen LogP contribution in [0, 0.1) is 0 Å². The monoisotopic (exact) mass is 345 g/mol. The van der Waals surface area contributed by atoms with Crippen LogP contribution in [0.4, 0.5) is 0 Å². The van der Waals surface area contributed by atoms with E-state index in [0.29, 0.717) is 16.5 Å². The molecule has 2 aromatic rings. The number of amides is 1. The second kappa shape index (κ2) is 8.41. The Morgan fingerprint density at radius 1 is 1.17 bits per heavy atom. The maximum absolute atomic E-state index is 12.1. The Morgan fingerprint density at radius 3 is 2.58 bits per heavy atom. The van der Waals surface area contributed by atoms with Gasteiger partial charge in [-0.05, 0) is 36.8 Å². The van der Waals surface area contributed by atoms with Crippen molar-refractivity contribution in [3.8, 4) is 11.5 Å². The molecule has 0 spiro atoms. The Labute approximate surface area is 147 Å². The zero-order valence-corrected chi connectivity index (χ0v) is 14.6. The van der Waals surface area contributed by atoms with E-state index in [-0.39, 0.29) is 11.9 Å². The van der Waals surface area contributed by atoms with Gasteiger partial charge in [-0.3, -0.25) is 4.79 Å². The SMILES string of the molecule is COc1ccc(/C=C/C(=O)NC(C)c2ccccc2Cl)c(OC)c1. The maximum atomic E-state index is 12.1. The number of halogens is 1. The van der Waals surface area contributed by atoms with E-state index in [1.165, 1.54) is 6.08 Å². The van der Waals surface area contributed by atoms with E-state index in [1.807, 2.05) is 37.3 Å². The second-order valence-corrected chi connectivity index (χ2v) is 5.60. The van der Waals surface area contributed by atoms with Crippen LogP contribution in [-0.4, -0.2) is 20.1 Å². The molecule has 126 valence electrons. The topological polar surface area (TPSA) is 47.6 Å². The van der Waals surface area contributed by atoms with Crippen molar-refractivity contribution < 1.29 is 14.3 Å². The van der Waals surface area contributed by atoms with E-state index in [4.69, 9.17) is 21.1 Å². The zero-order valence-electron chi connectivity index (χ0n) is 13.9. The molecule has 24 heavy (non-hydrogen) atoms. The normalized spacial score (nSPS) is 12.0. The first kappa shape index (κ1) is 17.9. The van der Waals surface area contributed by atoms with Gasteiger partial charge in [0, 0.05) is 22.7 Å². The van der Waals surface area contributed by atoms with E-state index in [2.05, 4.69) is 5.32 Å². The molecule has 0 fully saturated rings. The number of ether oxygens (including phenoxy) is 2. The molecule has 1 atom stereocenters. The Hall–Kier alpha value is -2.46. The van der Waals surface area contributed by atoms with Crippen LogP contribution in [0.15, 0.2) is 48.5 Å². The van der Waals surface area contributed by atoms with E-state index in [0.717, 1.165) is 11.1 Å². The fourth-order valence-electron chi connectivity index (χ4n) is 2.29. The number of hydrogen-bond acceptors (Lipinski definition) is 3. The molecule has 1 amide bonds. The van der Waals surface area contributed by atoms with Crippen LogP contribution in [0.1, 0.15) is 24.1 Å². The standard InChI is InChI=1S/C19H20ClNO3/c1-13(16-6-4-5-7-17(16)20)21-19(22)11-9-14-8-10-15(23-2)12-18(14)24-3/h4-13H,1-3H3,(H,21,22)/b11-9+. The van der Waals surface area contributed by atoms with Crippen LogP contribution in [0.25, 0.3) is 6.08 Å². The van der Waals surface area contributed by atoms with Gasteiger partial charge in [0.15, 0.2) is 0 Å². The van der Waals surface area contributed by atoms with Gasteiger partial charge in [-0.15, -0.1) is 0 Å². The molecular weight excluding hydrogens is 326 g/mol. The summed E-state index contributed by atoms with van der Waals surface area (Å²) in [4.78, 5) is 12.1. The van der Waals surface area contributed by atoms with E-state index < -0.39 is 0 Å². The summed E-state index contributed by atoms with van der Waals surface area (Å²) in [7, 11) is 3.17. The van der Waals surface area contributed by atoms with Gasteiger partial charge in [-0.2, -0.15) is 0 Å². The van der Waals surface area contributed by atoms with Crippen LogP contribution < -0.4 is 14.8 Å². The van der Waals surface area contributed by atoms with Gasteiger partial charge < -0.3 is 14.8 Å². The predicted molar refractivity (Wildman–Crippen MR) is 96.6 cm³/mol. The second-order valence-electron chi connectivity index (χ2n) is 5.19. The molecule has 5 heteroatoms. The number of rotatable bonds is 6. The lowest BCUT2D eigenvalue weighted by atomic mass is 10.1. The van der Waals surface area contributed by atoms with Crippen LogP contribution in [0.5, 0.6) is 11.5 Å². The molecule has 1 N–H and O–H groups in total. The molecule has 0 saturated heterocycles. The minimum atomic E-state index is -0.208. The largest absolute Gasteiger partial charge is 0.497 e. The summed E-state index contributed by atoms with van der Waals surface area (Å²) < 4.78 is 10.5. The molecule has 0 radical (unpaired) electrons. The number of carbonyl (C=O) groups excluding carboxylic acids is 1. The van der Waals surface area contributed by atoms with Gasteiger partial charge in [-0.1, -0.05) is 29.8 Å². The van der Waals surface area contributed by atoms with Crippen molar-refractivity contribution in [3.05, 3.63) is 64.7 Å². The van der Waals surface area contributed by atoms with Crippen molar-refractivity contribution in [2.24, 2.45) is 0 Å². The highest BCUT2D eigenvalue weighted by molar-refractivity contribution is 6.31. The molecule has 2 aromatic carbocycles. The number of nitrogens with one attached hydrogen (secondary N) is 1. The third kappa shape index (κ3) is 4.52. The fourth-order valence-corrected chi connectivity index (χ4v) is 2.59. The Balaban J connectivity index is 2.07. The van der Waals surface area contributed by atoms with Gasteiger partial charge in [0.05, 0.1) is 20.3 Å². The van der Waals surface area contributed by atoms with Gasteiger partial charge in [0.2, 0.25) is 5.91 Å². The maximum Gasteiger partial charge on any atom is 0.244 e. The van der Waals surface area contributed by atoms with Crippen LogP contribution in [-0.2, 0) is 4.79 Å². The molecule has 4 nitrogen and oxygen atoms in total. The molecule has 0 bridgehead atoms. The van der Waals surface area contributed by atoms with Crippen molar-refractivity contribution in [2.45, 2.75) is 13.0 Å². The smallest absolute Gasteiger partial charge is 0.244 e. The van der Waals surface area contributed by atoms with Crippen molar-refractivity contribution in [1.29, 1.82) is 0 Å². The molecular formula is C19H20ClNO3. The molecule has 0 aliphatic heterocycles. The summed E-state index contributed by atoms with van der Waals surface area (Å²) >= 11 is 6.15. The summed E-state index contributed by atoms with van der Waals surface area (Å²) in [5.41, 5.74) is 1.67. The molecule has 0 aliphatic carbocycles. The minimum absolute atomic E-state index is 0.186. The van der Waals surface area contributed by atoms with Crippen LogP contribution in [0.3, 0.4) is 0 Å². The van der Waals surface area contributed by atoms with Crippen LogP contribution in [0.2, 0.25) is 5.02 Å². The van der Waals surface area contributed by atoms with Crippen molar-refractivity contribution >= 4 is 23.6 Å². The zero-order chi connectivity index (χ0) is 17.5. The van der Waals surface area contributed by atoms with Crippen LogP contribution >= 0.6 is 11.6 Å². The average Bonchev–Trinajstić information content (AvgIpc) is 2.60. The summed E-state index contributed by atoms with van der Waals surface area (Å²) in [5.74, 6) is 1.12. The fraction of sp³-hybridized carbons (Fsp3) is 0.211. The number of methoxy groups -OCH3 is 2. The Bertz CT molecular complexity index is 743. The van der Waals surface area contributed by atoms with Crippen molar-refractivity contribution in [1.82, 2.24) is 5.32 Å². The van der Waals surface area contributed by atoms with Gasteiger partial charge in [-0.25, -0.2) is 0 Å². The third-order valence-electron chi connectivity index (χ3n) is 3.59. The lowest BCUT2D eigenvalue weighted by Crippen LogP contribution is -2.24. The first-order chi connectivity index (χ1) is 11.5. The van der Waals surface area contributed by atoms with E-state index >= 15 is 0 Å². The molecule has 0 aromatic heterocycles. The summed E-state index contributed by atoms with van der Waals surface area (Å²) in [6, 6.07) is 12.7. The van der Waals surface area contributed by atoms with Gasteiger partial charge in [0.25, 0.3) is 0 Å². The Kier molecular flexibility index (Phi) is 6.27. The average molecular weight is 346 g/mol. The molecule has 2 rings (SSSR count). The highest BCUT2D eigenvalue weighted by Gasteiger charge is 2.10. The Morgan fingerprint density at radius 2 is 1.92 bits per heavy atom. The molecule has 0 heterocycles. The van der Waals surface area contributed by atoms with Gasteiger partial charge >= 0.3 is 0 Å². The molecule has 1 unspecified atom stereocenters. The van der Waals surface area contributed by atoms with Crippen molar-refractivity contribution in [3.63, 3.8) is 0 Å². The van der Waals surface area contributed by atoms with Gasteiger partial charge in [0.1, 0.15) is 11.5 Å². The highest BCUT2D eigenvalue weighted by atomic mass is 35.5. The van der Waals surface area contributed by atoms with Crippen molar-refractivity contribution in [2.75, 3.05) is 14.2 Å². The highest BCUT2D eigenvalue weighted by Crippen LogP contribution is 2.26. The quantitative estimate of drug-likeness (QED) is 0.796. The van der Waals surface area contributed by atoms with E-state index in [9.17, 15) is 4.79 Å². The lowest BCUT2D eigenvalue weighted by Gasteiger charge is -2.14. The third-order valence-corrected chi connectivity index (χ3v) is 3.93. The first-order valence-corrected chi connectivity index (χ1v) is 7.88. The summed E-state index contributed by atoms with van der Waals surface area (Å²) in [6.45, 7) is 1.89. The lowest BCUT2D eigenvalue weighted by molar-refractivity contribution is -0.117. The predicted octanol–water partition coefficient (Wildman–Crippen LogP) is 4.25. The number of carbonyl (C=O) groups is 1. The molecule has 0 saturated carbocycles. The summed E-state index contributed by atoms with van der Waals surface area (Å²) in [5, 5.41) is 3.52. The van der Waals surface area contributed by atoms with E-state index in [1.54, 1.807) is 32.4 Å². The first-order valence-electron chi connectivity index (χ1n) is 7.50. The minimum Gasteiger partial charge on any atom is -0.497 e.